The second-order valence-corrected chi connectivity index (χ2v) is 5.71. The third-order valence-electron chi connectivity index (χ3n) is 3.99. The Morgan fingerprint density at radius 2 is 2.30 bits per heavy atom. The zero-order chi connectivity index (χ0) is 16.4. The highest BCUT2D eigenvalue weighted by Crippen LogP contribution is 2.35. The maximum Gasteiger partial charge on any atom is 0.264 e. The molecule has 0 spiro atoms. The zero-order valence-electron chi connectivity index (χ0n) is 13.4. The molecule has 0 saturated carbocycles. The first-order valence-corrected chi connectivity index (χ1v) is 7.55. The van der Waals surface area contributed by atoms with E-state index in [2.05, 4.69) is 15.1 Å². The van der Waals surface area contributed by atoms with Crippen molar-refractivity contribution in [2.75, 3.05) is 38.7 Å². The number of nitrogens with one attached hydrogen (secondary N) is 1. The Balaban J connectivity index is 1.91. The highest BCUT2D eigenvalue weighted by Gasteiger charge is 2.23. The van der Waals surface area contributed by atoms with Crippen LogP contribution >= 0.6 is 0 Å². The molecule has 3 N–H and O–H groups in total. The number of amides is 1. The van der Waals surface area contributed by atoms with E-state index in [1.165, 1.54) is 0 Å². The fourth-order valence-corrected chi connectivity index (χ4v) is 2.70. The SMILES string of the molecule is CN(CCN)Cc1c[nH]nc1-c1ccc2c(c1)N(C)C(=O)CO2. The van der Waals surface area contributed by atoms with Gasteiger partial charge in [-0.1, -0.05) is 0 Å². The van der Waals surface area contributed by atoms with E-state index in [0.717, 1.165) is 35.6 Å². The number of nitrogens with two attached hydrogens (primary N) is 1. The van der Waals surface area contributed by atoms with Crippen molar-refractivity contribution in [1.82, 2.24) is 15.1 Å². The molecule has 0 fully saturated rings. The fraction of sp³-hybridized carbons (Fsp3) is 0.375. The lowest BCUT2D eigenvalue weighted by Crippen LogP contribution is -2.35. The predicted molar refractivity (Wildman–Crippen MR) is 88.3 cm³/mol. The van der Waals surface area contributed by atoms with Crippen LogP contribution in [0.1, 0.15) is 5.56 Å². The Labute approximate surface area is 135 Å². The molecule has 1 aromatic heterocycles. The predicted octanol–water partition coefficient (Wildman–Crippen LogP) is 0.822. The molecule has 2 aromatic rings. The van der Waals surface area contributed by atoms with E-state index in [1.54, 1.807) is 11.9 Å². The second kappa shape index (κ2) is 6.39. The standard InChI is InChI=1S/C16H21N5O2/c1-20(6-5-17)9-12-8-18-19-16(12)11-3-4-14-13(7-11)21(2)15(22)10-23-14/h3-4,7-8H,5-6,9-10,17H2,1-2H3,(H,18,19). The highest BCUT2D eigenvalue weighted by molar-refractivity contribution is 5.98. The van der Waals surface area contributed by atoms with Crippen LogP contribution in [0.2, 0.25) is 0 Å². The summed E-state index contributed by atoms with van der Waals surface area (Å²) in [6.07, 6.45) is 1.90. The third-order valence-corrected chi connectivity index (χ3v) is 3.99. The summed E-state index contributed by atoms with van der Waals surface area (Å²) in [6.45, 7) is 2.28. The molecule has 23 heavy (non-hydrogen) atoms. The van der Waals surface area contributed by atoms with Gasteiger partial charge in [-0.2, -0.15) is 5.10 Å². The summed E-state index contributed by atoms with van der Waals surface area (Å²) in [5, 5.41) is 7.29. The van der Waals surface area contributed by atoms with Crippen molar-refractivity contribution in [3.05, 3.63) is 30.0 Å². The number of hydrogen-bond donors (Lipinski definition) is 2. The summed E-state index contributed by atoms with van der Waals surface area (Å²) in [4.78, 5) is 15.6. The molecule has 2 heterocycles. The number of carbonyl (C=O) groups excluding carboxylic acids is 1. The van der Waals surface area contributed by atoms with Gasteiger partial charge in [0.15, 0.2) is 6.61 Å². The van der Waals surface area contributed by atoms with Gasteiger partial charge in [0.2, 0.25) is 0 Å². The number of rotatable bonds is 5. The normalized spacial score (nSPS) is 14.1. The number of carbonyl (C=O) groups is 1. The Bertz CT molecular complexity index is 712. The van der Waals surface area contributed by atoms with Crippen molar-refractivity contribution in [2.45, 2.75) is 6.54 Å². The van der Waals surface area contributed by atoms with Crippen LogP contribution in [0.5, 0.6) is 5.75 Å². The molecule has 0 radical (unpaired) electrons. The van der Waals surface area contributed by atoms with E-state index in [-0.39, 0.29) is 12.5 Å². The highest BCUT2D eigenvalue weighted by atomic mass is 16.5. The number of hydrogen-bond acceptors (Lipinski definition) is 5. The molecule has 0 atom stereocenters. The number of ether oxygens (including phenoxy) is 1. The van der Waals surface area contributed by atoms with Gasteiger partial charge in [0.25, 0.3) is 5.91 Å². The Kier molecular flexibility index (Phi) is 4.31. The van der Waals surface area contributed by atoms with Crippen LogP contribution in [0.25, 0.3) is 11.3 Å². The molecule has 0 saturated heterocycles. The van der Waals surface area contributed by atoms with Crippen LogP contribution in [0, 0.1) is 0 Å². The number of aromatic nitrogens is 2. The molecule has 1 aliphatic heterocycles. The van der Waals surface area contributed by atoms with E-state index < -0.39 is 0 Å². The lowest BCUT2D eigenvalue weighted by Gasteiger charge is -2.26. The molecule has 0 bridgehead atoms. The summed E-state index contributed by atoms with van der Waals surface area (Å²) in [6, 6.07) is 5.79. The van der Waals surface area contributed by atoms with E-state index in [0.29, 0.717) is 12.3 Å². The van der Waals surface area contributed by atoms with Gasteiger partial charge < -0.3 is 20.3 Å². The molecule has 1 aliphatic rings. The molecule has 1 aromatic carbocycles. The van der Waals surface area contributed by atoms with Crippen LogP contribution in [-0.4, -0.2) is 54.8 Å². The fourth-order valence-electron chi connectivity index (χ4n) is 2.70. The molecule has 1 amide bonds. The maximum absolute atomic E-state index is 11.8. The Morgan fingerprint density at radius 3 is 3.09 bits per heavy atom. The summed E-state index contributed by atoms with van der Waals surface area (Å²) in [5.41, 5.74) is 9.28. The van der Waals surface area contributed by atoms with Crippen LogP contribution in [0.15, 0.2) is 24.4 Å². The first-order valence-electron chi connectivity index (χ1n) is 7.55. The molecule has 122 valence electrons. The van der Waals surface area contributed by atoms with Crippen LogP contribution in [0.4, 0.5) is 5.69 Å². The van der Waals surface area contributed by atoms with Crippen molar-refractivity contribution in [3.63, 3.8) is 0 Å². The van der Waals surface area contributed by atoms with Gasteiger partial charge >= 0.3 is 0 Å². The molecule has 7 heteroatoms. The molecule has 0 aliphatic carbocycles. The van der Waals surface area contributed by atoms with Gasteiger partial charge in [0.1, 0.15) is 5.75 Å². The van der Waals surface area contributed by atoms with Gasteiger partial charge in [-0.3, -0.25) is 9.89 Å². The second-order valence-electron chi connectivity index (χ2n) is 5.71. The molecular weight excluding hydrogens is 294 g/mol. The van der Waals surface area contributed by atoms with Crippen LogP contribution in [-0.2, 0) is 11.3 Å². The quantitative estimate of drug-likeness (QED) is 0.853. The minimum absolute atomic E-state index is 0.0559. The van der Waals surface area contributed by atoms with Gasteiger partial charge in [-0.15, -0.1) is 0 Å². The van der Waals surface area contributed by atoms with E-state index >= 15 is 0 Å². The minimum Gasteiger partial charge on any atom is -0.482 e. The summed E-state index contributed by atoms with van der Waals surface area (Å²) in [5.74, 6) is 0.660. The number of benzene rings is 1. The van der Waals surface area contributed by atoms with E-state index in [4.69, 9.17) is 10.5 Å². The van der Waals surface area contributed by atoms with E-state index in [9.17, 15) is 4.79 Å². The summed E-state index contributed by atoms with van der Waals surface area (Å²) >= 11 is 0. The summed E-state index contributed by atoms with van der Waals surface area (Å²) in [7, 11) is 3.78. The number of aromatic amines is 1. The molecule has 0 unspecified atom stereocenters. The largest absolute Gasteiger partial charge is 0.482 e. The molecule has 3 rings (SSSR count). The first-order chi connectivity index (χ1) is 11.1. The van der Waals surface area contributed by atoms with Gasteiger partial charge in [0, 0.05) is 44.0 Å². The number of nitrogens with zero attached hydrogens (tertiary/aromatic N) is 3. The lowest BCUT2D eigenvalue weighted by molar-refractivity contribution is -0.120. The van der Waals surface area contributed by atoms with Gasteiger partial charge in [-0.25, -0.2) is 0 Å². The topological polar surface area (TPSA) is 87.5 Å². The number of anilines is 1. The first kappa shape index (κ1) is 15.5. The van der Waals surface area contributed by atoms with Gasteiger partial charge in [-0.05, 0) is 25.2 Å². The monoisotopic (exact) mass is 315 g/mol. The van der Waals surface area contributed by atoms with E-state index in [1.807, 2.05) is 31.4 Å². The minimum atomic E-state index is -0.0559. The Hall–Kier alpha value is -2.38. The van der Waals surface area contributed by atoms with Crippen molar-refractivity contribution in [2.24, 2.45) is 5.73 Å². The van der Waals surface area contributed by atoms with Crippen molar-refractivity contribution in [3.8, 4) is 17.0 Å². The van der Waals surface area contributed by atoms with Crippen molar-refractivity contribution < 1.29 is 9.53 Å². The van der Waals surface area contributed by atoms with Crippen molar-refractivity contribution in [1.29, 1.82) is 0 Å². The average Bonchev–Trinajstić information content (AvgIpc) is 2.99. The third kappa shape index (κ3) is 3.06. The Morgan fingerprint density at radius 1 is 1.48 bits per heavy atom. The molecule has 7 nitrogen and oxygen atoms in total. The molecular formula is C16H21N5O2. The number of likely N-dealkylation sites (N-methyl/N-ethyl adjacent to an activating group) is 2. The van der Waals surface area contributed by atoms with Crippen LogP contribution < -0.4 is 15.4 Å². The van der Waals surface area contributed by atoms with Crippen molar-refractivity contribution >= 4 is 11.6 Å². The maximum atomic E-state index is 11.8. The lowest BCUT2D eigenvalue weighted by atomic mass is 10.1. The smallest absolute Gasteiger partial charge is 0.264 e. The zero-order valence-corrected chi connectivity index (χ0v) is 13.4. The number of H-pyrrole nitrogens is 1. The average molecular weight is 315 g/mol. The van der Waals surface area contributed by atoms with Crippen LogP contribution in [0.3, 0.4) is 0 Å². The number of fused-ring (bicyclic) bond motifs is 1. The van der Waals surface area contributed by atoms with Gasteiger partial charge in [0.05, 0.1) is 11.4 Å². The summed E-state index contributed by atoms with van der Waals surface area (Å²) < 4.78 is 5.46.